The van der Waals surface area contributed by atoms with Gasteiger partial charge in [0.15, 0.2) is 0 Å². The van der Waals surface area contributed by atoms with E-state index < -0.39 is 0 Å². The molecular weight excluding hydrogens is 266 g/mol. The van der Waals surface area contributed by atoms with Crippen LogP contribution in [0.3, 0.4) is 0 Å². The van der Waals surface area contributed by atoms with Gasteiger partial charge in [0.05, 0.1) is 10.6 Å². The summed E-state index contributed by atoms with van der Waals surface area (Å²) in [7, 11) is 1.52. The van der Waals surface area contributed by atoms with E-state index in [0.717, 1.165) is 0 Å². The van der Waals surface area contributed by atoms with Gasteiger partial charge in [-0.15, -0.1) is 0 Å². The number of halogens is 1. The SMILES string of the molecule is CNC(=O)c1cc(NC(=O)CCC(C)N)ccc1Cl. The normalized spacial score (nSPS) is 11.8. The molecule has 0 spiro atoms. The van der Waals surface area contributed by atoms with Crippen LogP contribution in [-0.4, -0.2) is 24.9 Å². The Bertz CT molecular complexity index is 475. The highest BCUT2D eigenvalue weighted by Crippen LogP contribution is 2.20. The van der Waals surface area contributed by atoms with E-state index in [2.05, 4.69) is 10.6 Å². The van der Waals surface area contributed by atoms with Crippen LogP contribution in [0, 0.1) is 0 Å². The second-order valence-corrected chi connectivity index (χ2v) is 4.75. The van der Waals surface area contributed by atoms with Gasteiger partial charge in [-0.3, -0.25) is 9.59 Å². The van der Waals surface area contributed by atoms with Crippen LogP contribution in [-0.2, 0) is 4.79 Å². The van der Waals surface area contributed by atoms with Crippen LogP contribution in [0.15, 0.2) is 18.2 Å². The van der Waals surface area contributed by atoms with Crippen LogP contribution in [0.1, 0.15) is 30.1 Å². The van der Waals surface area contributed by atoms with Gasteiger partial charge in [-0.2, -0.15) is 0 Å². The first-order valence-electron chi connectivity index (χ1n) is 6.01. The van der Waals surface area contributed by atoms with Crippen LogP contribution in [0.4, 0.5) is 5.69 Å². The van der Waals surface area contributed by atoms with Gasteiger partial charge >= 0.3 is 0 Å². The number of hydrogen-bond donors (Lipinski definition) is 3. The molecule has 5 nitrogen and oxygen atoms in total. The standard InChI is InChI=1S/C13H18ClN3O2/c1-8(15)3-6-12(18)17-9-4-5-11(14)10(7-9)13(19)16-2/h4-5,7-8H,3,6,15H2,1-2H3,(H,16,19)(H,17,18). The molecular formula is C13H18ClN3O2. The molecule has 1 unspecified atom stereocenters. The predicted octanol–water partition coefficient (Wildman–Crippen LogP) is 1.77. The van der Waals surface area contributed by atoms with Gasteiger partial charge in [0.1, 0.15) is 0 Å². The third-order valence-electron chi connectivity index (χ3n) is 2.55. The van der Waals surface area contributed by atoms with Gasteiger partial charge in [0.25, 0.3) is 5.91 Å². The highest BCUT2D eigenvalue weighted by Gasteiger charge is 2.11. The Morgan fingerprint density at radius 2 is 2.11 bits per heavy atom. The molecule has 0 aromatic heterocycles. The molecule has 0 radical (unpaired) electrons. The third-order valence-corrected chi connectivity index (χ3v) is 2.88. The van der Waals surface area contributed by atoms with Crippen molar-refractivity contribution in [3.63, 3.8) is 0 Å². The summed E-state index contributed by atoms with van der Waals surface area (Å²) in [6.45, 7) is 1.85. The number of amides is 2. The molecule has 0 saturated heterocycles. The highest BCUT2D eigenvalue weighted by atomic mass is 35.5. The van der Waals surface area contributed by atoms with Crippen LogP contribution < -0.4 is 16.4 Å². The summed E-state index contributed by atoms with van der Waals surface area (Å²) >= 11 is 5.92. The molecule has 4 N–H and O–H groups in total. The maximum absolute atomic E-state index is 11.7. The molecule has 0 fully saturated rings. The number of nitrogens with two attached hydrogens (primary N) is 1. The first-order chi connectivity index (χ1) is 8.93. The second kappa shape index (κ2) is 7.11. The lowest BCUT2D eigenvalue weighted by atomic mass is 10.1. The highest BCUT2D eigenvalue weighted by molar-refractivity contribution is 6.34. The summed E-state index contributed by atoms with van der Waals surface area (Å²) in [5.74, 6) is -0.431. The number of benzene rings is 1. The van der Waals surface area contributed by atoms with E-state index in [1.165, 1.54) is 7.05 Å². The van der Waals surface area contributed by atoms with Crippen LogP contribution in [0.5, 0.6) is 0 Å². The minimum absolute atomic E-state index is 0.0163. The van der Waals surface area contributed by atoms with Gasteiger partial charge in [0, 0.05) is 25.2 Å². The molecule has 0 saturated carbocycles. The van der Waals surface area contributed by atoms with E-state index in [0.29, 0.717) is 29.1 Å². The molecule has 6 heteroatoms. The van der Waals surface area contributed by atoms with E-state index >= 15 is 0 Å². The van der Waals surface area contributed by atoms with E-state index in [1.54, 1.807) is 18.2 Å². The summed E-state index contributed by atoms with van der Waals surface area (Å²) in [4.78, 5) is 23.2. The Kier molecular flexibility index (Phi) is 5.79. The summed E-state index contributed by atoms with van der Waals surface area (Å²) in [6, 6.07) is 4.76. The van der Waals surface area contributed by atoms with Crippen molar-refractivity contribution in [2.45, 2.75) is 25.8 Å². The number of rotatable bonds is 5. The Morgan fingerprint density at radius 3 is 2.68 bits per heavy atom. The van der Waals surface area contributed by atoms with Crippen molar-refractivity contribution in [1.29, 1.82) is 0 Å². The van der Waals surface area contributed by atoms with Gasteiger partial charge in [0.2, 0.25) is 5.91 Å². The average Bonchev–Trinajstić information content (AvgIpc) is 2.37. The van der Waals surface area contributed by atoms with E-state index in [-0.39, 0.29) is 17.9 Å². The van der Waals surface area contributed by atoms with Crippen LogP contribution in [0.25, 0.3) is 0 Å². The topological polar surface area (TPSA) is 84.2 Å². The second-order valence-electron chi connectivity index (χ2n) is 4.34. The number of nitrogens with one attached hydrogen (secondary N) is 2. The Labute approximate surface area is 117 Å². The number of anilines is 1. The largest absolute Gasteiger partial charge is 0.355 e. The number of hydrogen-bond acceptors (Lipinski definition) is 3. The summed E-state index contributed by atoms with van der Waals surface area (Å²) in [5.41, 5.74) is 6.45. The maximum Gasteiger partial charge on any atom is 0.252 e. The predicted molar refractivity (Wildman–Crippen MR) is 76.4 cm³/mol. The van der Waals surface area contributed by atoms with Crippen LogP contribution in [0.2, 0.25) is 5.02 Å². The summed E-state index contributed by atoms with van der Waals surface area (Å²) in [6.07, 6.45) is 0.956. The lowest BCUT2D eigenvalue weighted by Crippen LogP contribution is -2.20. The van der Waals surface area contributed by atoms with E-state index in [9.17, 15) is 9.59 Å². The van der Waals surface area contributed by atoms with Gasteiger partial charge in [-0.1, -0.05) is 11.6 Å². The zero-order chi connectivity index (χ0) is 14.4. The molecule has 2 amide bonds. The first-order valence-corrected chi connectivity index (χ1v) is 6.39. The van der Waals surface area contributed by atoms with Crippen molar-refractivity contribution < 1.29 is 9.59 Å². The minimum Gasteiger partial charge on any atom is -0.355 e. The lowest BCUT2D eigenvalue weighted by molar-refractivity contribution is -0.116. The van der Waals surface area contributed by atoms with Crippen molar-refractivity contribution in [2.75, 3.05) is 12.4 Å². The smallest absolute Gasteiger partial charge is 0.252 e. The summed E-state index contributed by atoms with van der Waals surface area (Å²) in [5, 5.41) is 5.54. The van der Waals surface area contributed by atoms with Crippen molar-refractivity contribution in [1.82, 2.24) is 5.32 Å². The minimum atomic E-state index is -0.295. The summed E-state index contributed by atoms with van der Waals surface area (Å²) < 4.78 is 0. The lowest BCUT2D eigenvalue weighted by Gasteiger charge is -2.09. The van der Waals surface area contributed by atoms with Crippen molar-refractivity contribution >= 4 is 29.1 Å². The van der Waals surface area contributed by atoms with Crippen molar-refractivity contribution in [3.8, 4) is 0 Å². The molecule has 0 heterocycles. The number of carbonyl (C=O) groups excluding carboxylic acids is 2. The molecule has 1 aromatic rings. The average molecular weight is 284 g/mol. The fourth-order valence-corrected chi connectivity index (χ4v) is 1.70. The fraction of sp³-hybridized carbons (Fsp3) is 0.385. The first kappa shape index (κ1) is 15.5. The molecule has 1 rings (SSSR count). The number of carbonyl (C=O) groups is 2. The Balaban J connectivity index is 2.74. The zero-order valence-corrected chi connectivity index (χ0v) is 11.8. The van der Waals surface area contributed by atoms with Gasteiger partial charge < -0.3 is 16.4 Å². The zero-order valence-electron chi connectivity index (χ0n) is 11.0. The molecule has 0 aliphatic heterocycles. The Morgan fingerprint density at radius 1 is 1.42 bits per heavy atom. The molecule has 0 aliphatic carbocycles. The Hall–Kier alpha value is -1.59. The third kappa shape index (κ3) is 4.89. The fourth-order valence-electron chi connectivity index (χ4n) is 1.49. The monoisotopic (exact) mass is 283 g/mol. The molecule has 1 atom stereocenters. The molecule has 0 aliphatic rings. The molecule has 19 heavy (non-hydrogen) atoms. The van der Waals surface area contributed by atoms with Crippen molar-refractivity contribution in [2.24, 2.45) is 5.73 Å². The molecule has 104 valence electrons. The van der Waals surface area contributed by atoms with Gasteiger partial charge in [-0.05, 0) is 31.5 Å². The quantitative estimate of drug-likeness (QED) is 0.770. The van der Waals surface area contributed by atoms with E-state index in [1.807, 2.05) is 6.92 Å². The van der Waals surface area contributed by atoms with Crippen molar-refractivity contribution in [3.05, 3.63) is 28.8 Å². The van der Waals surface area contributed by atoms with Crippen LogP contribution >= 0.6 is 11.6 Å². The van der Waals surface area contributed by atoms with E-state index in [4.69, 9.17) is 17.3 Å². The maximum atomic E-state index is 11.7. The molecule has 0 bridgehead atoms. The molecule has 1 aromatic carbocycles. The van der Waals surface area contributed by atoms with Gasteiger partial charge in [-0.25, -0.2) is 0 Å².